The average Bonchev–Trinajstić information content (AvgIpc) is 3.49. The maximum atomic E-state index is 14.3. The van der Waals surface area contributed by atoms with Gasteiger partial charge in [0.15, 0.2) is 0 Å². The monoisotopic (exact) mass is 434 g/mol. The molecule has 3 atom stereocenters. The molecule has 1 saturated heterocycles. The van der Waals surface area contributed by atoms with Gasteiger partial charge in [0.2, 0.25) is 15.9 Å². The Morgan fingerprint density at radius 3 is 2.67 bits per heavy atom. The van der Waals surface area contributed by atoms with E-state index in [2.05, 4.69) is 4.72 Å². The predicted octanol–water partition coefficient (Wildman–Crippen LogP) is 3.28. The number of nitrogens with one attached hydrogen (secondary N) is 1. The van der Waals surface area contributed by atoms with Gasteiger partial charge in [-0.15, -0.1) is 0 Å². The lowest BCUT2D eigenvalue weighted by atomic mass is 9.95. The average molecular weight is 435 g/mol. The highest BCUT2D eigenvalue weighted by molar-refractivity contribution is 7.88. The van der Waals surface area contributed by atoms with Gasteiger partial charge in [0, 0.05) is 30.6 Å². The number of hydrogen-bond donors (Lipinski definition) is 1. The molecule has 1 aliphatic heterocycles. The van der Waals surface area contributed by atoms with Crippen LogP contribution >= 0.6 is 0 Å². The van der Waals surface area contributed by atoms with Crippen LogP contribution in [-0.2, 0) is 14.8 Å². The Morgan fingerprint density at radius 2 is 1.90 bits per heavy atom. The standard InChI is InChI=1S/C22H24F2N2O3S/c1-30(28,29)25-15-5-4-10-26(13-15)22(27)20-12-18(20)16-6-2-3-7-17(16)19-11-14(23)8-9-21(19)24/h2-3,6-9,11,15,18,20,25H,4-5,10,12-13H2,1H3/t15-,18-,20+/m0/s1. The van der Waals surface area contributed by atoms with Gasteiger partial charge in [-0.2, -0.15) is 0 Å². The molecule has 1 aliphatic carbocycles. The zero-order valence-corrected chi connectivity index (χ0v) is 17.5. The third-order valence-electron chi connectivity index (χ3n) is 5.80. The Balaban J connectivity index is 1.51. The van der Waals surface area contributed by atoms with Crippen LogP contribution in [0.3, 0.4) is 0 Å². The van der Waals surface area contributed by atoms with Crippen molar-refractivity contribution in [2.24, 2.45) is 5.92 Å². The van der Waals surface area contributed by atoms with Gasteiger partial charge in [-0.3, -0.25) is 4.79 Å². The molecule has 0 spiro atoms. The summed E-state index contributed by atoms with van der Waals surface area (Å²) >= 11 is 0. The smallest absolute Gasteiger partial charge is 0.226 e. The number of hydrogen-bond acceptors (Lipinski definition) is 3. The lowest BCUT2D eigenvalue weighted by Crippen LogP contribution is -2.49. The lowest BCUT2D eigenvalue weighted by Gasteiger charge is -2.33. The van der Waals surface area contributed by atoms with Crippen LogP contribution in [0.5, 0.6) is 0 Å². The van der Waals surface area contributed by atoms with Crippen molar-refractivity contribution >= 4 is 15.9 Å². The summed E-state index contributed by atoms with van der Waals surface area (Å²) in [5.41, 5.74) is 1.63. The Labute approximate surface area is 175 Å². The van der Waals surface area contributed by atoms with Crippen molar-refractivity contribution in [1.82, 2.24) is 9.62 Å². The van der Waals surface area contributed by atoms with Gasteiger partial charge in [0.1, 0.15) is 11.6 Å². The molecule has 4 rings (SSSR count). The number of halogens is 2. The van der Waals surface area contributed by atoms with Crippen LogP contribution in [0, 0.1) is 17.6 Å². The van der Waals surface area contributed by atoms with E-state index in [1.807, 2.05) is 12.1 Å². The molecule has 0 aromatic heterocycles. The fourth-order valence-corrected chi connectivity index (χ4v) is 5.19. The minimum Gasteiger partial charge on any atom is -0.341 e. The Hall–Kier alpha value is -2.32. The van der Waals surface area contributed by atoms with Gasteiger partial charge < -0.3 is 4.90 Å². The van der Waals surface area contributed by atoms with Gasteiger partial charge in [-0.25, -0.2) is 21.9 Å². The highest BCUT2D eigenvalue weighted by Crippen LogP contribution is 2.51. The van der Waals surface area contributed by atoms with Crippen LogP contribution in [0.1, 0.15) is 30.7 Å². The third kappa shape index (κ3) is 4.54. The first kappa shape index (κ1) is 20.9. The summed E-state index contributed by atoms with van der Waals surface area (Å²) in [6.45, 7) is 0.958. The van der Waals surface area contributed by atoms with E-state index in [4.69, 9.17) is 0 Å². The van der Waals surface area contributed by atoms with E-state index >= 15 is 0 Å². The fraction of sp³-hybridized carbons (Fsp3) is 0.409. The van der Waals surface area contributed by atoms with E-state index in [0.29, 0.717) is 31.5 Å². The van der Waals surface area contributed by atoms with E-state index in [-0.39, 0.29) is 29.3 Å². The highest BCUT2D eigenvalue weighted by Gasteiger charge is 2.47. The topological polar surface area (TPSA) is 66.5 Å². The summed E-state index contributed by atoms with van der Waals surface area (Å²) in [4.78, 5) is 14.8. The number of benzene rings is 2. The van der Waals surface area contributed by atoms with Crippen molar-refractivity contribution in [3.8, 4) is 11.1 Å². The highest BCUT2D eigenvalue weighted by atomic mass is 32.2. The number of sulfonamides is 1. The first-order valence-corrected chi connectivity index (χ1v) is 11.9. The molecular formula is C22H24F2N2O3S. The molecule has 1 amide bonds. The summed E-state index contributed by atoms with van der Waals surface area (Å²) in [5, 5.41) is 0. The molecule has 0 radical (unpaired) electrons. The summed E-state index contributed by atoms with van der Waals surface area (Å²) in [6.07, 6.45) is 3.20. The van der Waals surface area contributed by atoms with E-state index in [1.54, 1.807) is 17.0 Å². The van der Waals surface area contributed by atoms with Crippen LogP contribution in [0.15, 0.2) is 42.5 Å². The number of nitrogens with zero attached hydrogens (tertiary/aromatic N) is 1. The number of likely N-dealkylation sites (tertiary alicyclic amines) is 1. The maximum absolute atomic E-state index is 14.3. The number of carbonyl (C=O) groups excluding carboxylic acids is 1. The normalized spacial score (nSPS) is 24.0. The minimum atomic E-state index is -3.33. The largest absolute Gasteiger partial charge is 0.341 e. The molecule has 160 valence electrons. The number of rotatable bonds is 5. The first-order valence-electron chi connectivity index (χ1n) is 10.0. The molecule has 1 saturated carbocycles. The molecule has 30 heavy (non-hydrogen) atoms. The molecule has 8 heteroatoms. The Morgan fingerprint density at radius 1 is 1.13 bits per heavy atom. The maximum Gasteiger partial charge on any atom is 0.226 e. The summed E-state index contributed by atoms with van der Waals surface area (Å²) in [6, 6.07) is 10.3. The van der Waals surface area contributed by atoms with Gasteiger partial charge in [-0.05, 0) is 54.5 Å². The van der Waals surface area contributed by atoms with Crippen molar-refractivity contribution in [1.29, 1.82) is 0 Å². The van der Waals surface area contributed by atoms with Crippen molar-refractivity contribution < 1.29 is 22.0 Å². The lowest BCUT2D eigenvalue weighted by molar-refractivity contribution is -0.133. The number of carbonyl (C=O) groups is 1. The Bertz CT molecular complexity index is 1070. The SMILES string of the molecule is CS(=O)(=O)N[C@H]1CCCN(C(=O)[C@@H]2C[C@H]2c2ccccc2-c2cc(F)ccc2F)C1. The molecule has 1 heterocycles. The van der Waals surface area contributed by atoms with E-state index in [9.17, 15) is 22.0 Å². The van der Waals surface area contributed by atoms with Crippen LogP contribution in [0.2, 0.25) is 0 Å². The van der Waals surface area contributed by atoms with Crippen molar-refractivity contribution in [3.05, 3.63) is 59.7 Å². The van der Waals surface area contributed by atoms with Crippen LogP contribution in [0.25, 0.3) is 11.1 Å². The van der Waals surface area contributed by atoms with E-state index < -0.39 is 21.7 Å². The Kier molecular flexibility index (Phi) is 5.63. The number of piperidine rings is 1. The second-order valence-corrected chi connectivity index (χ2v) is 9.95. The second kappa shape index (κ2) is 8.07. The molecule has 0 bridgehead atoms. The summed E-state index contributed by atoms with van der Waals surface area (Å²) in [7, 11) is -3.33. The quantitative estimate of drug-likeness (QED) is 0.786. The zero-order chi connectivity index (χ0) is 21.5. The first-order chi connectivity index (χ1) is 14.2. The van der Waals surface area contributed by atoms with Crippen molar-refractivity contribution in [3.63, 3.8) is 0 Å². The van der Waals surface area contributed by atoms with E-state index in [0.717, 1.165) is 30.4 Å². The summed E-state index contributed by atoms with van der Waals surface area (Å²) in [5.74, 6) is -1.30. The predicted molar refractivity (Wildman–Crippen MR) is 110 cm³/mol. The van der Waals surface area contributed by atoms with E-state index in [1.165, 1.54) is 6.07 Å². The third-order valence-corrected chi connectivity index (χ3v) is 6.56. The van der Waals surface area contributed by atoms with Gasteiger partial charge in [0.05, 0.1) is 6.26 Å². The van der Waals surface area contributed by atoms with Gasteiger partial charge >= 0.3 is 0 Å². The molecule has 1 N–H and O–H groups in total. The summed E-state index contributed by atoms with van der Waals surface area (Å²) < 4.78 is 53.7. The molecule has 2 fully saturated rings. The van der Waals surface area contributed by atoms with Crippen molar-refractivity contribution in [2.45, 2.75) is 31.2 Å². The van der Waals surface area contributed by atoms with Gasteiger partial charge in [0.25, 0.3) is 0 Å². The molecule has 0 unspecified atom stereocenters. The second-order valence-electron chi connectivity index (χ2n) is 8.17. The fourth-order valence-electron chi connectivity index (χ4n) is 4.39. The van der Waals surface area contributed by atoms with Gasteiger partial charge in [-0.1, -0.05) is 24.3 Å². The zero-order valence-electron chi connectivity index (χ0n) is 16.6. The van der Waals surface area contributed by atoms with Crippen LogP contribution in [0.4, 0.5) is 8.78 Å². The molecule has 2 aromatic rings. The van der Waals surface area contributed by atoms with Crippen LogP contribution < -0.4 is 4.72 Å². The molecule has 5 nitrogen and oxygen atoms in total. The van der Waals surface area contributed by atoms with Crippen LogP contribution in [-0.4, -0.2) is 44.6 Å². The number of amides is 1. The van der Waals surface area contributed by atoms with Crippen molar-refractivity contribution in [2.75, 3.05) is 19.3 Å². The molecule has 2 aromatic carbocycles. The molecule has 2 aliphatic rings. The minimum absolute atomic E-state index is 0.00508. The molecular weight excluding hydrogens is 410 g/mol.